The Morgan fingerprint density at radius 2 is 1.58 bits per heavy atom. The Morgan fingerprint density at radius 3 is 2.23 bits per heavy atom. The molecule has 3 aromatic carbocycles. The van der Waals surface area contributed by atoms with E-state index in [9.17, 15) is 4.79 Å². The molecule has 6 nitrogen and oxygen atoms in total. The fourth-order valence-corrected chi connectivity index (χ4v) is 2.84. The van der Waals surface area contributed by atoms with Gasteiger partial charge in [0.15, 0.2) is 11.5 Å². The van der Waals surface area contributed by atoms with Crippen molar-refractivity contribution in [2.45, 2.75) is 20.5 Å². The van der Waals surface area contributed by atoms with Crippen LogP contribution < -0.4 is 14.2 Å². The van der Waals surface area contributed by atoms with Crippen LogP contribution in [0.25, 0.3) is 0 Å². The zero-order chi connectivity index (χ0) is 22.1. The molecular formula is C25H25NO5. The maximum absolute atomic E-state index is 11.0. The zero-order valence-corrected chi connectivity index (χ0v) is 17.6. The Morgan fingerprint density at radius 1 is 0.871 bits per heavy atom. The second-order valence-corrected chi connectivity index (χ2v) is 6.62. The first-order chi connectivity index (χ1) is 15.1. The fourth-order valence-electron chi connectivity index (χ4n) is 2.84. The lowest BCUT2D eigenvalue weighted by atomic mass is 10.1. The summed E-state index contributed by atoms with van der Waals surface area (Å²) in [5, 5.41) is 8.99. The highest BCUT2D eigenvalue weighted by atomic mass is 16.5. The molecule has 0 saturated carbocycles. The highest BCUT2D eigenvalue weighted by Gasteiger charge is 2.08. The highest BCUT2D eigenvalue weighted by Crippen LogP contribution is 2.29. The summed E-state index contributed by atoms with van der Waals surface area (Å²) >= 11 is 0. The number of rotatable bonds is 10. The standard InChI is InChI=1S/C25H25NO5/c1-3-29-22-12-10-21(11-13-22)26-16-19-7-14-23(24(15-19)30-4-2)31-17-18-5-8-20(9-6-18)25(27)28/h5-16H,3-4,17H2,1-2H3,(H,27,28). The summed E-state index contributed by atoms with van der Waals surface area (Å²) in [6, 6.07) is 19.8. The van der Waals surface area contributed by atoms with Gasteiger partial charge < -0.3 is 19.3 Å². The van der Waals surface area contributed by atoms with Crippen LogP contribution in [0.5, 0.6) is 17.2 Å². The van der Waals surface area contributed by atoms with Crippen molar-refractivity contribution >= 4 is 17.9 Å². The molecule has 0 amide bonds. The zero-order valence-electron chi connectivity index (χ0n) is 17.6. The van der Waals surface area contributed by atoms with E-state index in [2.05, 4.69) is 4.99 Å². The van der Waals surface area contributed by atoms with E-state index in [1.54, 1.807) is 30.5 Å². The van der Waals surface area contributed by atoms with Crippen molar-refractivity contribution in [3.05, 3.63) is 83.4 Å². The van der Waals surface area contributed by atoms with Gasteiger partial charge in [0.25, 0.3) is 0 Å². The summed E-state index contributed by atoms with van der Waals surface area (Å²) in [6.45, 7) is 5.30. The number of ether oxygens (including phenoxy) is 3. The third-order valence-corrected chi connectivity index (χ3v) is 4.37. The monoisotopic (exact) mass is 419 g/mol. The van der Waals surface area contributed by atoms with Gasteiger partial charge in [-0.25, -0.2) is 4.79 Å². The molecule has 0 aliphatic heterocycles. The number of hydrogen-bond donors (Lipinski definition) is 1. The van der Waals surface area contributed by atoms with Crippen LogP contribution in [-0.2, 0) is 6.61 Å². The molecule has 160 valence electrons. The maximum atomic E-state index is 11.0. The molecule has 0 aromatic heterocycles. The van der Waals surface area contributed by atoms with Gasteiger partial charge in [-0.15, -0.1) is 0 Å². The molecule has 0 aliphatic carbocycles. The number of carboxylic acids is 1. The Kier molecular flexibility index (Phi) is 7.65. The van der Waals surface area contributed by atoms with E-state index in [0.717, 1.165) is 22.6 Å². The van der Waals surface area contributed by atoms with E-state index < -0.39 is 5.97 Å². The summed E-state index contributed by atoms with van der Waals surface area (Å²) in [4.78, 5) is 15.5. The number of aliphatic imine (C=N–C) groups is 1. The van der Waals surface area contributed by atoms with Crippen LogP contribution in [0, 0.1) is 0 Å². The van der Waals surface area contributed by atoms with Crippen LogP contribution in [0.15, 0.2) is 71.7 Å². The van der Waals surface area contributed by atoms with Crippen molar-refractivity contribution in [3.63, 3.8) is 0 Å². The van der Waals surface area contributed by atoms with Gasteiger partial charge in [0.05, 0.1) is 24.5 Å². The summed E-state index contributed by atoms with van der Waals surface area (Å²) in [7, 11) is 0. The summed E-state index contributed by atoms with van der Waals surface area (Å²) < 4.78 is 17.1. The van der Waals surface area contributed by atoms with Gasteiger partial charge in [0, 0.05) is 6.21 Å². The first kappa shape index (κ1) is 21.9. The summed E-state index contributed by atoms with van der Waals surface area (Å²) in [5.41, 5.74) is 2.82. The molecule has 0 spiro atoms. The molecule has 3 rings (SSSR count). The Balaban J connectivity index is 1.69. The lowest BCUT2D eigenvalue weighted by Crippen LogP contribution is -2.01. The lowest BCUT2D eigenvalue weighted by molar-refractivity contribution is 0.0697. The van der Waals surface area contributed by atoms with E-state index in [1.807, 2.05) is 56.3 Å². The quantitative estimate of drug-likeness (QED) is 0.438. The number of carbonyl (C=O) groups is 1. The van der Waals surface area contributed by atoms with Crippen LogP contribution >= 0.6 is 0 Å². The Hall–Kier alpha value is -3.80. The third kappa shape index (κ3) is 6.34. The molecule has 1 N–H and O–H groups in total. The first-order valence-corrected chi connectivity index (χ1v) is 10.1. The van der Waals surface area contributed by atoms with Gasteiger partial charge in [-0.3, -0.25) is 4.99 Å². The average molecular weight is 419 g/mol. The van der Waals surface area contributed by atoms with Crippen LogP contribution in [0.2, 0.25) is 0 Å². The van der Waals surface area contributed by atoms with Gasteiger partial charge in [0.1, 0.15) is 12.4 Å². The van der Waals surface area contributed by atoms with Crippen molar-refractivity contribution in [1.29, 1.82) is 0 Å². The smallest absolute Gasteiger partial charge is 0.335 e. The fraction of sp³-hybridized carbons (Fsp3) is 0.200. The number of benzene rings is 3. The second-order valence-electron chi connectivity index (χ2n) is 6.62. The van der Waals surface area contributed by atoms with Crippen molar-refractivity contribution in [2.24, 2.45) is 4.99 Å². The minimum atomic E-state index is -0.950. The summed E-state index contributed by atoms with van der Waals surface area (Å²) in [6.07, 6.45) is 1.77. The number of nitrogens with zero attached hydrogens (tertiary/aromatic N) is 1. The van der Waals surface area contributed by atoms with Gasteiger partial charge in [-0.1, -0.05) is 12.1 Å². The molecule has 0 saturated heterocycles. The molecule has 0 bridgehead atoms. The molecular weight excluding hydrogens is 394 g/mol. The van der Waals surface area contributed by atoms with Crippen molar-refractivity contribution in [3.8, 4) is 17.2 Å². The second kappa shape index (κ2) is 10.8. The van der Waals surface area contributed by atoms with Crippen molar-refractivity contribution < 1.29 is 24.1 Å². The van der Waals surface area contributed by atoms with Gasteiger partial charge in [-0.05, 0) is 79.6 Å². The molecule has 0 atom stereocenters. The minimum absolute atomic E-state index is 0.245. The third-order valence-electron chi connectivity index (χ3n) is 4.37. The van der Waals surface area contributed by atoms with Crippen molar-refractivity contribution in [1.82, 2.24) is 0 Å². The van der Waals surface area contributed by atoms with E-state index >= 15 is 0 Å². The highest BCUT2D eigenvalue weighted by molar-refractivity contribution is 5.87. The van der Waals surface area contributed by atoms with Gasteiger partial charge in [0.2, 0.25) is 0 Å². The number of carboxylic acid groups (broad SMARTS) is 1. The molecule has 31 heavy (non-hydrogen) atoms. The van der Waals surface area contributed by atoms with Crippen molar-refractivity contribution in [2.75, 3.05) is 13.2 Å². The SMILES string of the molecule is CCOc1ccc(N=Cc2ccc(OCc3ccc(C(=O)O)cc3)c(OCC)c2)cc1. The Bertz CT molecular complexity index is 1030. The van der Waals surface area contributed by atoms with E-state index in [1.165, 1.54) is 0 Å². The van der Waals surface area contributed by atoms with Crippen LogP contribution in [0.4, 0.5) is 5.69 Å². The van der Waals surface area contributed by atoms with Gasteiger partial charge in [-0.2, -0.15) is 0 Å². The lowest BCUT2D eigenvalue weighted by Gasteiger charge is -2.13. The largest absolute Gasteiger partial charge is 0.494 e. The van der Waals surface area contributed by atoms with Crippen LogP contribution in [0.1, 0.15) is 35.3 Å². The predicted octanol–water partition coefficient (Wildman–Crippen LogP) is 5.51. The molecule has 0 fully saturated rings. The van der Waals surface area contributed by atoms with Gasteiger partial charge >= 0.3 is 5.97 Å². The molecule has 0 unspecified atom stereocenters. The topological polar surface area (TPSA) is 77.4 Å². The number of aromatic carboxylic acids is 1. The van der Waals surface area contributed by atoms with E-state index in [-0.39, 0.29) is 5.56 Å². The first-order valence-electron chi connectivity index (χ1n) is 10.1. The van der Waals surface area contributed by atoms with Crippen LogP contribution in [0.3, 0.4) is 0 Å². The normalized spacial score (nSPS) is 10.8. The maximum Gasteiger partial charge on any atom is 0.335 e. The average Bonchev–Trinajstić information content (AvgIpc) is 2.78. The molecule has 3 aromatic rings. The molecule has 0 aliphatic rings. The molecule has 6 heteroatoms. The van der Waals surface area contributed by atoms with Crippen LogP contribution in [-0.4, -0.2) is 30.5 Å². The van der Waals surface area contributed by atoms with E-state index in [4.69, 9.17) is 19.3 Å². The predicted molar refractivity (Wildman–Crippen MR) is 120 cm³/mol. The Labute approximate surface area is 181 Å². The minimum Gasteiger partial charge on any atom is -0.494 e. The number of hydrogen-bond acceptors (Lipinski definition) is 5. The molecule has 0 radical (unpaired) electrons. The summed E-state index contributed by atoms with van der Waals surface area (Å²) in [5.74, 6) is 1.11. The van der Waals surface area contributed by atoms with E-state index in [0.29, 0.717) is 31.3 Å². The molecule has 0 heterocycles.